The quantitative estimate of drug-likeness (QED) is 0.161. The van der Waals surface area contributed by atoms with E-state index in [9.17, 15) is 9.59 Å². The fraction of sp³-hybridized carbons (Fsp3) is 0.171. The fourth-order valence-electron chi connectivity index (χ4n) is 5.00. The number of aryl methyl sites for hydroxylation is 2. The molecule has 0 fully saturated rings. The van der Waals surface area contributed by atoms with Gasteiger partial charge in [0.05, 0.1) is 19.1 Å². The van der Waals surface area contributed by atoms with Crippen molar-refractivity contribution in [2.24, 2.45) is 0 Å². The number of furan rings is 1. The third kappa shape index (κ3) is 6.61. The molecule has 0 saturated heterocycles. The molecule has 2 heterocycles. The lowest BCUT2D eigenvalue weighted by Crippen LogP contribution is -2.31. The van der Waals surface area contributed by atoms with E-state index in [2.05, 4.69) is 42.3 Å². The minimum Gasteiger partial charge on any atom is -0.463 e. The normalized spacial score (nSPS) is 12.2. The molecule has 1 N–H and O–H groups in total. The zero-order valence-corrected chi connectivity index (χ0v) is 23.4. The zero-order chi connectivity index (χ0) is 28.8. The van der Waals surface area contributed by atoms with Gasteiger partial charge in [0.1, 0.15) is 11.3 Å². The Balaban J connectivity index is 1.41. The minimum absolute atomic E-state index is 0.0819. The highest BCUT2D eigenvalue weighted by Crippen LogP contribution is 2.30. The summed E-state index contributed by atoms with van der Waals surface area (Å²) < 4.78 is 11.3. The van der Waals surface area contributed by atoms with Crippen LogP contribution in [0.1, 0.15) is 52.1 Å². The summed E-state index contributed by atoms with van der Waals surface area (Å²) in [5.41, 5.74) is 7.31. The first kappa shape index (κ1) is 27.6. The van der Waals surface area contributed by atoms with Gasteiger partial charge in [0, 0.05) is 29.4 Å². The minimum atomic E-state index is -0.450. The molecule has 1 amide bonds. The van der Waals surface area contributed by atoms with Gasteiger partial charge in [-0.15, -0.1) is 0 Å². The molecule has 0 aliphatic rings. The van der Waals surface area contributed by atoms with E-state index in [1.807, 2.05) is 66.7 Å². The van der Waals surface area contributed by atoms with Gasteiger partial charge in [-0.3, -0.25) is 9.78 Å². The highest BCUT2D eigenvalue weighted by atomic mass is 16.5. The van der Waals surface area contributed by atoms with Crippen molar-refractivity contribution in [3.63, 3.8) is 0 Å². The second-order valence-electron chi connectivity index (χ2n) is 9.98. The lowest BCUT2D eigenvalue weighted by molar-refractivity contribution is -0.137. The van der Waals surface area contributed by atoms with Gasteiger partial charge in [-0.25, -0.2) is 4.79 Å². The maximum atomic E-state index is 13.4. The second-order valence-corrected chi connectivity index (χ2v) is 9.98. The van der Waals surface area contributed by atoms with Crippen LogP contribution in [0, 0.1) is 13.8 Å². The number of ether oxygens (including phenoxy) is 1. The number of aromatic nitrogens is 1. The number of amides is 1. The zero-order valence-electron chi connectivity index (χ0n) is 23.4. The highest BCUT2D eigenvalue weighted by molar-refractivity contribution is 5.97. The van der Waals surface area contributed by atoms with Crippen LogP contribution in [0.2, 0.25) is 0 Å². The topological polar surface area (TPSA) is 81.4 Å². The number of hydrogen-bond acceptors (Lipinski definition) is 5. The summed E-state index contributed by atoms with van der Waals surface area (Å²) in [6, 6.07) is 27.3. The van der Waals surface area contributed by atoms with E-state index >= 15 is 0 Å². The molecule has 206 valence electrons. The molecular weight excluding hydrogens is 512 g/mol. The van der Waals surface area contributed by atoms with Crippen LogP contribution < -0.4 is 5.32 Å². The average Bonchev–Trinajstić information content (AvgIpc) is 3.39. The van der Waals surface area contributed by atoms with Crippen LogP contribution in [0.4, 0.5) is 0 Å². The van der Waals surface area contributed by atoms with Crippen molar-refractivity contribution in [3.05, 3.63) is 143 Å². The van der Waals surface area contributed by atoms with Crippen molar-refractivity contribution in [2.75, 3.05) is 6.61 Å². The van der Waals surface area contributed by atoms with Gasteiger partial charge in [0.2, 0.25) is 5.91 Å². The maximum absolute atomic E-state index is 13.4. The molecule has 5 rings (SSSR count). The second kappa shape index (κ2) is 12.5. The van der Waals surface area contributed by atoms with Gasteiger partial charge in [-0.2, -0.15) is 0 Å². The lowest BCUT2D eigenvalue weighted by atomic mass is 9.93. The fourth-order valence-corrected chi connectivity index (χ4v) is 5.00. The molecular formula is C35H32N2O4. The van der Waals surface area contributed by atoms with Crippen LogP contribution in [-0.4, -0.2) is 23.5 Å². The molecule has 1 unspecified atom stereocenters. The molecule has 3 aromatic carbocycles. The van der Waals surface area contributed by atoms with E-state index in [0.717, 1.165) is 33.2 Å². The first-order valence-corrected chi connectivity index (χ1v) is 13.6. The smallest absolute Gasteiger partial charge is 0.331 e. The molecule has 6 heteroatoms. The Morgan fingerprint density at radius 3 is 2.46 bits per heavy atom. The molecule has 0 radical (unpaired) electrons. The number of carbonyl (C=O) groups excluding carboxylic acids is 2. The van der Waals surface area contributed by atoms with Crippen molar-refractivity contribution < 1.29 is 18.7 Å². The van der Waals surface area contributed by atoms with Gasteiger partial charge < -0.3 is 14.5 Å². The van der Waals surface area contributed by atoms with E-state index in [4.69, 9.17) is 9.15 Å². The van der Waals surface area contributed by atoms with Gasteiger partial charge in [-0.1, -0.05) is 60.2 Å². The van der Waals surface area contributed by atoms with Crippen LogP contribution >= 0.6 is 0 Å². The Morgan fingerprint density at radius 2 is 1.73 bits per heavy atom. The van der Waals surface area contributed by atoms with Gasteiger partial charge >= 0.3 is 5.97 Å². The Bertz CT molecular complexity index is 1700. The predicted molar refractivity (Wildman–Crippen MR) is 160 cm³/mol. The van der Waals surface area contributed by atoms with E-state index in [1.54, 1.807) is 19.3 Å². The molecule has 2 aromatic heterocycles. The van der Waals surface area contributed by atoms with Crippen LogP contribution in [0.3, 0.4) is 0 Å². The predicted octanol–water partition coefficient (Wildman–Crippen LogP) is 6.89. The molecule has 0 saturated carbocycles. The van der Waals surface area contributed by atoms with Crippen LogP contribution in [0.15, 0.2) is 108 Å². The standard InChI is InChI=1S/C35H32N2O4/c1-4-40-34(39)22-30(26-14-16-36-17-15-26)32-21-28-19-25(11-13-31(28)41-32)20-33(38)37-35(27-8-6-5-7-9-27)29-12-10-23(2)18-24(29)3/h5-19,21-22,35H,4,20H2,1-3H3,(H,37,38)/b30-22+. The Labute approximate surface area is 239 Å². The first-order chi connectivity index (χ1) is 19.9. The Morgan fingerprint density at radius 1 is 0.951 bits per heavy atom. The number of benzene rings is 3. The van der Waals surface area contributed by atoms with E-state index < -0.39 is 5.97 Å². The van der Waals surface area contributed by atoms with E-state index in [0.29, 0.717) is 16.9 Å². The lowest BCUT2D eigenvalue weighted by Gasteiger charge is -2.22. The molecule has 41 heavy (non-hydrogen) atoms. The molecule has 6 nitrogen and oxygen atoms in total. The summed E-state index contributed by atoms with van der Waals surface area (Å²) in [7, 11) is 0. The number of nitrogens with zero attached hydrogens (tertiary/aromatic N) is 1. The van der Waals surface area contributed by atoms with Crippen molar-refractivity contribution >= 4 is 28.4 Å². The van der Waals surface area contributed by atoms with Crippen molar-refractivity contribution in [3.8, 4) is 0 Å². The monoisotopic (exact) mass is 544 g/mol. The van der Waals surface area contributed by atoms with E-state index in [-0.39, 0.29) is 25.0 Å². The number of nitrogens with one attached hydrogen (secondary N) is 1. The number of rotatable bonds is 9. The van der Waals surface area contributed by atoms with Crippen LogP contribution in [0.5, 0.6) is 0 Å². The van der Waals surface area contributed by atoms with Gasteiger partial charge in [0.15, 0.2) is 0 Å². The van der Waals surface area contributed by atoms with Crippen molar-refractivity contribution in [1.29, 1.82) is 0 Å². The maximum Gasteiger partial charge on any atom is 0.331 e. The molecule has 0 bridgehead atoms. The Kier molecular flexibility index (Phi) is 8.39. The summed E-state index contributed by atoms with van der Waals surface area (Å²) >= 11 is 0. The molecule has 0 spiro atoms. The summed E-state index contributed by atoms with van der Waals surface area (Å²) in [5, 5.41) is 4.09. The summed E-state index contributed by atoms with van der Waals surface area (Å²) in [6.45, 7) is 6.18. The number of esters is 1. The molecule has 0 aliphatic heterocycles. The number of pyridine rings is 1. The third-order valence-electron chi connectivity index (χ3n) is 6.93. The first-order valence-electron chi connectivity index (χ1n) is 13.6. The summed E-state index contributed by atoms with van der Waals surface area (Å²) in [5.74, 6) is -0.00432. The average molecular weight is 545 g/mol. The van der Waals surface area contributed by atoms with Crippen molar-refractivity contribution in [1.82, 2.24) is 10.3 Å². The van der Waals surface area contributed by atoms with Gasteiger partial charge in [-0.05, 0) is 78.9 Å². The molecule has 0 aliphatic carbocycles. The van der Waals surface area contributed by atoms with Crippen molar-refractivity contribution in [2.45, 2.75) is 33.2 Å². The SMILES string of the molecule is CCOC(=O)/C=C(\c1ccncc1)c1cc2cc(CC(=O)NC(c3ccccc3)c3ccc(C)cc3C)ccc2o1. The Hall–Kier alpha value is -4.97. The third-order valence-corrected chi connectivity index (χ3v) is 6.93. The highest BCUT2D eigenvalue weighted by Gasteiger charge is 2.20. The van der Waals surface area contributed by atoms with E-state index in [1.165, 1.54) is 11.6 Å². The van der Waals surface area contributed by atoms with Crippen LogP contribution in [-0.2, 0) is 20.7 Å². The van der Waals surface area contributed by atoms with Gasteiger partial charge in [0.25, 0.3) is 0 Å². The molecule has 1 atom stereocenters. The number of hydrogen-bond donors (Lipinski definition) is 1. The number of carbonyl (C=O) groups is 2. The molecule has 5 aromatic rings. The summed E-state index contributed by atoms with van der Waals surface area (Å²) in [6.07, 6.45) is 4.96. The summed E-state index contributed by atoms with van der Waals surface area (Å²) in [4.78, 5) is 29.8. The number of fused-ring (bicyclic) bond motifs is 1. The van der Waals surface area contributed by atoms with Crippen LogP contribution in [0.25, 0.3) is 16.5 Å². The largest absolute Gasteiger partial charge is 0.463 e.